The van der Waals surface area contributed by atoms with Crippen molar-refractivity contribution in [1.82, 2.24) is 5.32 Å². The van der Waals surface area contributed by atoms with Gasteiger partial charge in [-0.15, -0.1) is 0 Å². The van der Waals surface area contributed by atoms with Crippen LogP contribution in [-0.2, 0) is 26.8 Å². The number of benzene rings is 3. The van der Waals surface area contributed by atoms with Gasteiger partial charge in [-0.3, -0.25) is 0 Å². The maximum Gasteiger partial charge on any atom is 0.165 e. The second-order valence-electron chi connectivity index (χ2n) is 8.17. The van der Waals surface area contributed by atoms with Crippen LogP contribution in [0, 0.1) is 0 Å². The smallest absolute Gasteiger partial charge is 0.165 e. The van der Waals surface area contributed by atoms with Crippen LogP contribution < -0.4 is 5.32 Å². The monoisotopic (exact) mass is 403 g/mol. The molecule has 0 saturated carbocycles. The van der Waals surface area contributed by atoms with E-state index in [-0.39, 0.29) is 11.8 Å². The molecule has 148 valence electrons. The first kappa shape index (κ1) is 18.6. The van der Waals surface area contributed by atoms with E-state index in [1.807, 2.05) is 48.5 Å². The second-order valence-corrected chi connectivity index (χ2v) is 10.4. The Hall–Kier alpha value is -2.43. The highest BCUT2D eigenvalue weighted by atomic mass is 32.2. The van der Waals surface area contributed by atoms with Crippen molar-refractivity contribution in [3.05, 3.63) is 95.6 Å². The number of sulfone groups is 1. The maximum absolute atomic E-state index is 13.8. The SMILES string of the molecule is O=S(=O)(Cc1ccccc1)C12CCNC1CCc1cc(-c3ccccc3)ccc12. The minimum absolute atomic E-state index is 0.00807. The first-order chi connectivity index (χ1) is 14.1. The van der Waals surface area contributed by atoms with Gasteiger partial charge in [0, 0.05) is 6.04 Å². The Kier molecular flexibility index (Phi) is 4.56. The highest BCUT2D eigenvalue weighted by Crippen LogP contribution is 2.49. The quantitative estimate of drug-likeness (QED) is 0.699. The van der Waals surface area contributed by atoms with Crippen molar-refractivity contribution < 1.29 is 8.42 Å². The van der Waals surface area contributed by atoms with Crippen molar-refractivity contribution in [2.45, 2.75) is 35.8 Å². The van der Waals surface area contributed by atoms with Crippen molar-refractivity contribution >= 4 is 9.84 Å². The van der Waals surface area contributed by atoms with E-state index in [1.165, 1.54) is 11.1 Å². The summed E-state index contributed by atoms with van der Waals surface area (Å²) >= 11 is 0. The predicted octanol–water partition coefficient (Wildman–Crippen LogP) is 4.47. The van der Waals surface area contributed by atoms with Gasteiger partial charge in [0.05, 0.1) is 5.75 Å². The number of fused-ring (bicyclic) bond motifs is 3. The molecule has 29 heavy (non-hydrogen) atoms. The maximum atomic E-state index is 13.8. The molecule has 2 aliphatic rings. The molecule has 0 aromatic heterocycles. The summed E-state index contributed by atoms with van der Waals surface area (Å²) in [4.78, 5) is 0. The van der Waals surface area contributed by atoms with Crippen molar-refractivity contribution in [3.8, 4) is 11.1 Å². The summed E-state index contributed by atoms with van der Waals surface area (Å²) < 4.78 is 26.8. The number of hydrogen-bond donors (Lipinski definition) is 1. The van der Waals surface area contributed by atoms with E-state index in [0.717, 1.165) is 36.1 Å². The van der Waals surface area contributed by atoms with E-state index in [4.69, 9.17) is 0 Å². The molecule has 2 atom stereocenters. The highest BCUT2D eigenvalue weighted by Gasteiger charge is 2.56. The minimum atomic E-state index is -3.39. The van der Waals surface area contributed by atoms with Crippen LogP contribution in [-0.4, -0.2) is 21.0 Å². The Morgan fingerprint density at radius 2 is 1.62 bits per heavy atom. The zero-order valence-corrected chi connectivity index (χ0v) is 17.2. The van der Waals surface area contributed by atoms with E-state index in [0.29, 0.717) is 6.42 Å². The molecule has 0 radical (unpaired) electrons. The largest absolute Gasteiger partial charge is 0.312 e. The first-order valence-corrected chi connectivity index (χ1v) is 11.9. The average Bonchev–Trinajstić information content (AvgIpc) is 3.21. The molecule has 1 N–H and O–H groups in total. The van der Waals surface area contributed by atoms with Crippen LogP contribution in [0.5, 0.6) is 0 Å². The van der Waals surface area contributed by atoms with Crippen molar-refractivity contribution in [2.75, 3.05) is 6.54 Å². The first-order valence-electron chi connectivity index (χ1n) is 10.3. The Morgan fingerprint density at radius 1 is 0.897 bits per heavy atom. The molecule has 3 nitrogen and oxygen atoms in total. The third kappa shape index (κ3) is 3.02. The van der Waals surface area contributed by atoms with Gasteiger partial charge < -0.3 is 5.32 Å². The summed E-state index contributed by atoms with van der Waals surface area (Å²) in [5.74, 6) is 0.0892. The van der Waals surface area contributed by atoms with Crippen molar-refractivity contribution in [2.24, 2.45) is 0 Å². The van der Waals surface area contributed by atoms with Gasteiger partial charge in [-0.25, -0.2) is 8.42 Å². The van der Waals surface area contributed by atoms with Gasteiger partial charge >= 0.3 is 0 Å². The molecule has 2 unspecified atom stereocenters. The molecule has 3 aromatic rings. The Morgan fingerprint density at radius 3 is 2.38 bits per heavy atom. The van der Waals surface area contributed by atoms with Gasteiger partial charge in [0.1, 0.15) is 4.75 Å². The van der Waals surface area contributed by atoms with Crippen molar-refractivity contribution in [3.63, 3.8) is 0 Å². The van der Waals surface area contributed by atoms with Crippen LogP contribution >= 0.6 is 0 Å². The topological polar surface area (TPSA) is 46.2 Å². The normalized spacial score (nSPS) is 23.4. The molecule has 3 aromatic carbocycles. The van der Waals surface area contributed by atoms with E-state index >= 15 is 0 Å². The number of rotatable bonds is 4. The Labute approximate surface area is 172 Å². The van der Waals surface area contributed by atoms with Crippen LogP contribution in [0.15, 0.2) is 78.9 Å². The summed E-state index contributed by atoms with van der Waals surface area (Å²) in [6.45, 7) is 0.749. The molecule has 1 aliphatic heterocycles. The van der Waals surface area contributed by atoms with Gasteiger partial charge in [-0.1, -0.05) is 78.9 Å². The van der Waals surface area contributed by atoms with Crippen molar-refractivity contribution in [1.29, 1.82) is 0 Å². The molecule has 1 fully saturated rings. The molecule has 0 spiro atoms. The number of hydrogen-bond acceptors (Lipinski definition) is 3. The van der Waals surface area contributed by atoms with Crippen LogP contribution in [0.4, 0.5) is 0 Å². The number of aryl methyl sites for hydroxylation is 1. The molecule has 0 amide bonds. The van der Waals surface area contributed by atoms with Gasteiger partial charge in [-0.05, 0) is 53.6 Å². The summed E-state index contributed by atoms with van der Waals surface area (Å²) in [6.07, 6.45) is 2.42. The highest BCUT2D eigenvalue weighted by molar-refractivity contribution is 7.91. The van der Waals surface area contributed by atoms with E-state index in [2.05, 4.69) is 35.6 Å². The van der Waals surface area contributed by atoms with Gasteiger partial charge in [0.2, 0.25) is 0 Å². The molecule has 1 heterocycles. The van der Waals surface area contributed by atoms with Crippen LogP contribution in [0.1, 0.15) is 29.5 Å². The zero-order chi connectivity index (χ0) is 19.9. The predicted molar refractivity (Wildman–Crippen MR) is 117 cm³/mol. The van der Waals surface area contributed by atoms with Gasteiger partial charge in [0.15, 0.2) is 9.84 Å². The standard InChI is InChI=1S/C25H25NO2S/c27-29(28,18-19-7-3-1-4-8-19)25-15-16-26-24(25)14-12-22-17-21(11-13-23(22)25)20-9-5-2-6-10-20/h1-11,13,17,24,26H,12,14-16,18H2. The lowest BCUT2D eigenvalue weighted by atomic mass is 9.78. The summed E-state index contributed by atoms with van der Waals surface area (Å²) in [6, 6.07) is 26.2. The Balaban J connectivity index is 1.61. The summed E-state index contributed by atoms with van der Waals surface area (Å²) in [7, 11) is -3.39. The fourth-order valence-electron chi connectivity index (χ4n) is 5.21. The van der Waals surface area contributed by atoms with E-state index < -0.39 is 14.6 Å². The fourth-order valence-corrected chi connectivity index (χ4v) is 7.69. The lowest BCUT2D eigenvalue weighted by Gasteiger charge is -2.40. The van der Waals surface area contributed by atoms with Gasteiger partial charge in [-0.2, -0.15) is 0 Å². The molecule has 1 aliphatic carbocycles. The average molecular weight is 404 g/mol. The fraction of sp³-hybridized carbons (Fsp3) is 0.280. The van der Waals surface area contributed by atoms with Gasteiger partial charge in [0.25, 0.3) is 0 Å². The lowest BCUT2D eigenvalue weighted by Crippen LogP contribution is -2.50. The summed E-state index contributed by atoms with van der Waals surface area (Å²) in [5.41, 5.74) is 5.38. The third-order valence-electron chi connectivity index (χ3n) is 6.58. The molecule has 1 saturated heterocycles. The van der Waals surface area contributed by atoms with Crippen LogP contribution in [0.25, 0.3) is 11.1 Å². The summed E-state index contributed by atoms with van der Waals surface area (Å²) in [5, 5.41) is 3.50. The zero-order valence-electron chi connectivity index (χ0n) is 16.3. The van der Waals surface area contributed by atoms with E-state index in [9.17, 15) is 8.42 Å². The Bertz CT molecular complexity index is 1130. The molecule has 0 bridgehead atoms. The molecular formula is C25H25NO2S. The van der Waals surface area contributed by atoms with E-state index in [1.54, 1.807) is 0 Å². The lowest BCUT2D eigenvalue weighted by molar-refractivity contribution is 0.415. The third-order valence-corrected chi connectivity index (χ3v) is 9.11. The second kappa shape index (κ2) is 7.12. The molecule has 4 heteroatoms. The van der Waals surface area contributed by atoms with Crippen LogP contribution in [0.3, 0.4) is 0 Å². The number of nitrogens with one attached hydrogen (secondary N) is 1. The van der Waals surface area contributed by atoms with Crippen LogP contribution in [0.2, 0.25) is 0 Å². The minimum Gasteiger partial charge on any atom is -0.312 e. The molecule has 5 rings (SSSR count). The molecular weight excluding hydrogens is 378 g/mol.